The molecule has 0 atom stereocenters. The van der Waals surface area contributed by atoms with E-state index in [1.54, 1.807) is 0 Å². The lowest BCUT2D eigenvalue weighted by Crippen LogP contribution is -2.28. The maximum atomic E-state index is 5.18. The Kier molecular flexibility index (Phi) is 8.08. The van der Waals surface area contributed by atoms with E-state index in [-0.39, 0.29) is 0 Å². The molecule has 0 N–H and O–H groups in total. The van der Waals surface area contributed by atoms with Crippen molar-refractivity contribution < 1.29 is 0 Å². The van der Waals surface area contributed by atoms with Crippen molar-refractivity contribution in [2.75, 3.05) is 0 Å². The van der Waals surface area contributed by atoms with E-state index in [1.165, 1.54) is 50.1 Å². The Morgan fingerprint density at radius 1 is 0.291 bits per heavy atom. The average molecular weight is 701 g/mol. The van der Waals surface area contributed by atoms with Crippen molar-refractivity contribution in [3.05, 3.63) is 241 Å². The molecule has 1 heterocycles. The third-order valence-electron chi connectivity index (χ3n) is 11.0. The van der Waals surface area contributed by atoms with Gasteiger partial charge in [0.1, 0.15) is 0 Å². The highest BCUT2D eigenvalue weighted by atomic mass is 14.9. The average Bonchev–Trinajstić information content (AvgIpc) is 3.58. The summed E-state index contributed by atoms with van der Waals surface area (Å²) in [6.45, 7) is 0. The second kappa shape index (κ2) is 13.7. The third kappa shape index (κ3) is 5.50. The van der Waals surface area contributed by atoms with Crippen molar-refractivity contribution in [3.8, 4) is 67.3 Å². The number of hydrogen-bond acceptors (Lipinski definition) is 2. The van der Waals surface area contributed by atoms with Gasteiger partial charge in [-0.3, -0.25) is 0 Å². The van der Waals surface area contributed by atoms with Gasteiger partial charge in [0, 0.05) is 16.7 Å². The van der Waals surface area contributed by atoms with E-state index in [1.807, 2.05) is 24.3 Å². The van der Waals surface area contributed by atoms with Crippen LogP contribution in [0.25, 0.3) is 67.3 Å². The van der Waals surface area contributed by atoms with Crippen molar-refractivity contribution in [2.24, 2.45) is 0 Å². The van der Waals surface area contributed by atoms with Crippen LogP contribution in [-0.4, -0.2) is 9.97 Å². The molecule has 0 amide bonds. The Morgan fingerprint density at radius 2 is 0.782 bits per heavy atom. The summed E-state index contributed by atoms with van der Waals surface area (Å²) in [5.41, 5.74) is 16.8. The molecule has 55 heavy (non-hydrogen) atoms. The molecule has 0 fully saturated rings. The first kappa shape index (κ1) is 32.5. The molecule has 1 aliphatic carbocycles. The van der Waals surface area contributed by atoms with Crippen LogP contribution in [0.2, 0.25) is 0 Å². The summed E-state index contributed by atoms with van der Waals surface area (Å²) in [6.07, 6.45) is 0. The van der Waals surface area contributed by atoms with Gasteiger partial charge in [0.05, 0.1) is 16.8 Å². The number of hydrogen-bond donors (Lipinski definition) is 0. The van der Waals surface area contributed by atoms with Gasteiger partial charge in [0.2, 0.25) is 0 Å². The van der Waals surface area contributed by atoms with Gasteiger partial charge in [-0.1, -0.05) is 206 Å². The summed E-state index contributed by atoms with van der Waals surface area (Å²) >= 11 is 0. The molecular formula is C53H36N2. The largest absolute Gasteiger partial charge is 0.228 e. The molecule has 1 aliphatic rings. The standard InChI is InChI=1S/C53H36N2/c1-6-19-37(20-7-1)48-36-49(55-52(54-48)39-23-10-3-11-24-39)41-26-18-25-40(35-41)44-33-34-47-51(50(44)38-21-8-2-9-22-38)45-31-16-17-32-46(45)53(47,42-27-12-4-13-28-42)43-29-14-5-15-30-43/h1-36H. The molecule has 0 spiro atoms. The van der Waals surface area contributed by atoms with Crippen LogP contribution in [0.1, 0.15) is 22.3 Å². The Labute approximate surface area is 322 Å². The quantitative estimate of drug-likeness (QED) is 0.165. The van der Waals surface area contributed by atoms with Crippen LogP contribution in [0.15, 0.2) is 218 Å². The highest BCUT2D eigenvalue weighted by Gasteiger charge is 2.47. The summed E-state index contributed by atoms with van der Waals surface area (Å²) in [6, 6.07) is 78.2. The van der Waals surface area contributed by atoms with Gasteiger partial charge in [-0.15, -0.1) is 0 Å². The van der Waals surface area contributed by atoms with Crippen LogP contribution in [0.5, 0.6) is 0 Å². The minimum Gasteiger partial charge on any atom is -0.228 e. The monoisotopic (exact) mass is 700 g/mol. The lowest BCUT2D eigenvalue weighted by atomic mass is 9.67. The SMILES string of the molecule is c1ccc(-c2cc(-c3cccc(-c4ccc5c(c4-c4ccccc4)-c4ccccc4C5(c4ccccc4)c4ccccc4)c3)nc(-c3ccccc3)n2)cc1. The number of aromatic nitrogens is 2. The molecule has 0 saturated carbocycles. The van der Waals surface area contributed by atoms with Gasteiger partial charge in [0.25, 0.3) is 0 Å². The Bertz CT molecular complexity index is 2680. The summed E-state index contributed by atoms with van der Waals surface area (Å²) in [7, 11) is 0. The molecule has 8 aromatic carbocycles. The highest BCUT2D eigenvalue weighted by molar-refractivity contribution is 6.02. The maximum absolute atomic E-state index is 5.18. The summed E-state index contributed by atoms with van der Waals surface area (Å²) < 4.78 is 0. The first-order valence-corrected chi connectivity index (χ1v) is 18.8. The Hall–Kier alpha value is -7.16. The van der Waals surface area contributed by atoms with Gasteiger partial charge < -0.3 is 0 Å². The summed E-state index contributed by atoms with van der Waals surface area (Å²) in [5.74, 6) is 0.708. The smallest absolute Gasteiger partial charge is 0.160 e. The van der Waals surface area contributed by atoms with E-state index in [2.05, 4.69) is 194 Å². The van der Waals surface area contributed by atoms with Crippen LogP contribution >= 0.6 is 0 Å². The van der Waals surface area contributed by atoms with Crippen molar-refractivity contribution >= 4 is 0 Å². The zero-order chi connectivity index (χ0) is 36.6. The van der Waals surface area contributed by atoms with Gasteiger partial charge in [0.15, 0.2) is 5.82 Å². The predicted molar refractivity (Wildman–Crippen MR) is 227 cm³/mol. The molecule has 10 rings (SSSR count). The van der Waals surface area contributed by atoms with Gasteiger partial charge in [-0.05, 0) is 67.8 Å². The van der Waals surface area contributed by atoms with Gasteiger partial charge in [-0.25, -0.2) is 9.97 Å². The van der Waals surface area contributed by atoms with Crippen LogP contribution < -0.4 is 0 Å². The van der Waals surface area contributed by atoms with Crippen LogP contribution in [0.4, 0.5) is 0 Å². The number of rotatable bonds is 7. The highest BCUT2D eigenvalue weighted by Crippen LogP contribution is 2.59. The van der Waals surface area contributed by atoms with Crippen LogP contribution in [-0.2, 0) is 5.41 Å². The zero-order valence-electron chi connectivity index (χ0n) is 30.2. The first-order valence-electron chi connectivity index (χ1n) is 18.8. The number of fused-ring (bicyclic) bond motifs is 3. The molecule has 0 aliphatic heterocycles. The van der Waals surface area contributed by atoms with Crippen molar-refractivity contribution in [1.29, 1.82) is 0 Å². The molecule has 2 heteroatoms. The molecule has 0 unspecified atom stereocenters. The van der Waals surface area contributed by atoms with Crippen LogP contribution in [0.3, 0.4) is 0 Å². The molecule has 0 radical (unpaired) electrons. The van der Waals surface area contributed by atoms with Crippen LogP contribution in [0, 0.1) is 0 Å². The minimum absolute atomic E-state index is 0.485. The zero-order valence-corrected chi connectivity index (χ0v) is 30.2. The molecular weight excluding hydrogens is 665 g/mol. The van der Waals surface area contributed by atoms with Crippen molar-refractivity contribution in [2.45, 2.75) is 5.41 Å². The van der Waals surface area contributed by atoms with E-state index < -0.39 is 5.41 Å². The lowest BCUT2D eigenvalue weighted by Gasteiger charge is -2.34. The second-order valence-corrected chi connectivity index (χ2v) is 14.1. The molecule has 9 aromatic rings. The van der Waals surface area contributed by atoms with E-state index in [0.717, 1.165) is 33.6 Å². The fraction of sp³-hybridized carbons (Fsp3) is 0.0189. The molecule has 258 valence electrons. The topological polar surface area (TPSA) is 25.8 Å². The fourth-order valence-corrected chi connectivity index (χ4v) is 8.59. The summed E-state index contributed by atoms with van der Waals surface area (Å²) in [5, 5.41) is 0. The van der Waals surface area contributed by atoms with Gasteiger partial charge in [-0.2, -0.15) is 0 Å². The molecule has 2 nitrogen and oxygen atoms in total. The normalized spacial score (nSPS) is 12.5. The minimum atomic E-state index is -0.485. The fourth-order valence-electron chi connectivity index (χ4n) is 8.59. The molecule has 1 aromatic heterocycles. The van der Waals surface area contributed by atoms with E-state index in [4.69, 9.17) is 9.97 Å². The van der Waals surface area contributed by atoms with E-state index in [0.29, 0.717) is 5.82 Å². The van der Waals surface area contributed by atoms with E-state index >= 15 is 0 Å². The van der Waals surface area contributed by atoms with E-state index in [9.17, 15) is 0 Å². The van der Waals surface area contributed by atoms with Crippen molar-refractivity contribution in [1.82, 2.24) is 9.97 Å². The Balaban J connectivity index is 1.22. The lowest BCUT2D eigenvalue weighted by molar-refractivity contribution is 0.768. The molecule has 0 bridgehead atoms. The second-order valence-electron chi connectivity index (χ2n) is 14.1. The maximum Gasteiger partial charge on any atom is 0.160 e. The van der Waals surface area contributed by atoms with Crippen molar-refractivity contribution in [3.63, 3.8) is 0 Å². The third-order valence-corrected chi connectivity index (χ3v) is 11.0. The Morgan fingerprint density at radius 3 is 1.42 bits per heavy atom. The summed E-state index contributed by atoms with van der Waals surface area (Å²) in [4.78, 5) is 10.2. The molecule has 0 saturated heterocycles. The first-order chi connectivity index (χ1) is 27.3. The predicted octanol–water partition coefficient (Wildman–Crippen LogP) is 13.2. The number of benzene rings is 8. The van der Waals surface area contributed by atoms with Gasteiger partial charge >= 0.3 is 0 Å². The number of nitrogens with zero attached hydrogens (tertiary/aromatic N) is 2.